The Hall–Kier alpha value is -1.81. The van der Waals surface area contributed by atoms with E-state index in [9.17, 15) is 0 Å². The molecule has 0 bridgehead atoms. The normalized spacial score (nSPS) is 11.0. The van der Waals surface area contributed by atoms with Crippen molar-refractivity contribution in [1.82, 2.24) is 15.2 Å². The van der Waals surface area contributed by atoms with Gasteiger partial charge in [0.25, 0.3) is 0 Å². The van der Waals surface area contributed by atoms with E-state index in [2.05, 4.69) is 15.2 Å². The molecule has 0 saturated carbocycles. The third kappa shape index (κ3) is 1.30. The predicted molar refractivity (Wildman–Crippen MR) is 56.6 cm³/mol. The fourth-order valence-corrected chi connectivity index (χ4v) is 1.62. The van der Waals surface area contributed by atoms with Crippen LogP contribution in [0, 0.1) is 0 Å². The number of hydrogen-bond acceptors (Lipinski definition) is 3. The Bertz CT molecular complexity index is 600. The number of aromatic amines is 1. The summed E-state index contributed by atoms with van der Waals surface area (Å²) in [6.45, 7) is 0. The quantitative estimate of drug-likeness (QED) is 0.641. The molecule has 0 saturated heterocycles. The number of furan rings is 1. The lowest BCUT2D eigenvalue weighted by Gasteiger charge is -1.92. The predicted octanol–water partition coefficient (Wildman–Crippen LogP) is 2.87. The summed E-state index contributed by atoms with van der Waals surface area (Å²) in [4.78, 5) is 4.22. The van der Waals surface area contributed by atoms with Gasteiger partial charge in [0.2, 0.25) is 0 Å². The standard InChI is InChI=1S/C10H6ClN3O/c11-8-2-1-7-10(12-8)9(14-13-7)6-3-4-15-5-6/h1-5H,(H,13,14). The molecule has 1 N–H and O–H groups in total. The molecule has 4 nitrogen and oxygen atoms in total. The van der Waals surface area contributed by atoms with Gasteiger partial charge < -0.3 is 4.42 Å². The van der Waals surface area contributed by atoms with E-state index in [1.807, 2.05) is 12.1 Å². The molecule has 0 unspecified atom stereocenters. The Balaban J connectivity index is 2.32. The molecule has 0 aromatic carbocycles. The fourth-order valence-electron chi connectivity index (χ4n) is 1.48. The van der Waals surface area contributed by atoms with Crippen molar-refractivity contribution >= 4 is 22.6 Å². The summed E-state index contributed by atoms with van der Waals surface area (Å²) in [6.07, 6.45) is 3.22. The molecule has 3 aromatic heterocycles. The molecule has 0 amide bonds. The van der Waals surface area contributed by atoms with Gasteiger partial charge in [0, 0.05) is 5.56 Å². The molecule has 0 spiro atoms. The highest BCUT2D eigenvalue weighted by Gasteiger charge is 2.10. The number of halogens is 1. The van der Waals surface area contributed by atoms with Crippen LogP contribution in [0.4, 0.5) is 0 Å². The van der Waals surface area contributed by atoms with Crippen molar-refractivity contribution in [3.63, 3.8) is 0 Å². The zero-order chi connectivity index (χ0) is 10.3. The van der Waals surface area contributed by atoms with E-state index in [-0.39, 0.29) is 0 Å². The van der Waals surface area contributed by atoms with Crippen LogP contribution in [0.15, 0.2) is 35.1 Å². The molecular formula is C10H6ClN3O. The Morgan fingerprint density at radius 2 is 2.20 bits per heavy atom. The minimum absolute atomic E-state index is 0.452. The minimum atomic E-state index is 0.452. The maximum absolute atomic E-state index is 5.83. The van der Waals surface area contributed by atoms with Crippen LogP contribution < -0.4 is 0 Å². The van der Waals surface area contributed by atoms with Gasteiger partial charge in [-0.3, -0.25) is 5.10 Å². The second-order valence-electron chi connectivity index (χ2n) is 3.11. The zero-order valence-electron chi connectivity index (χ0n) is 7.57. The second-order valence-corrected chi connectivity index (χ2v) is 3.50. The molecule has 0 atom stereocenters. The lowest BCUT2D eigenvalue weighted by Crippen LogP contribution is -1.78. The first-order valence-corrected chi connectivity index (χ1v) is 4.75. The molecule has 0 fully saturated rings. The summed E-state index contributed by atoms with van der Waals surface area (Å²) in [5.41, 5.74) is 3.25. The number of aromatic nitrogens is 3. The summed E-state index contributed by atoms with van der Waals surface area (Å²) < 4.78 is 5.00. The number of pyridine rings is 1. The van der Waals surface area contributed by atoms with Crippen LogP contribution in [0.25, 0.3) is 22.3 Å². The molecule has 3 rings (SSSR count). The van der Waals surface area contributed by atoms with Gasteiger partial charge >= 0.3 is 0 Å². The highest BCUT2D eigenvalue weighted by atomic mass is 35.5. The van der Waals surface area contributed by atoms with Crippen LogP contribution in [-0.2, 0) is 0 Å². The molecule has 5 heteroatoms. The molecule has 74 valence electrons. The van der Waals surface area contributed by atoms with Crippen molar-refractivity contribution in [2.24, 2.45) is 0 Å². The summed E-state index contributed by atoms with van der Waals surface area (Å²) in [5, 5.41) is 7.52. The van der Waals surface area contributed by atoms with Crippen LogP contribution in [-0.4, -0.2) is 15.2 Å². The molecule has 0 aliphatic carbocycles. The summed E-state index contributed by atoms with van der Waals surface area (Å²) >= 11 is 5.83. The average molecular weight is 220 g/mol. The van der Waals surface area contributed by atoms with Gasteiger partial charge in [0.1, 0.15) is 16.4 Å². The van der Waals surface area contributed by atoms with Crippen molar-refractivity contribution < 1.29 is 4.42 Å². The SMILES string of the molecule is Clc1ccc2[nH]nc(-c3ccoc3)c2n1. The molecular weight excluding hydrogens is 214 g/mol. The summed E-state index contributed by atoms with van der Waals surface area (Å²) in [7, 11) is 0. The number of fused-ring (bicyclic) bond motifs is 1. The Morgan fingerprint density at radius 1 is 1.27 bits per heavy atom. The number of H-pyrrole nitrogens is 1. The van der Waals surface area contributed by atoms with Crippen molar-refractivity contribution in [3.05, 3.63) is 35.9 Å². The van der Waals surface area contributed by atoms with Crippen molar-refractivity contribution in [3.8, 4) is 11.3 Å². The highest BCUT2D eigenvalue weighted by Crippen LogP contribution is 2.25. The largest absolute Gasteiger partial charge is 0.472 e. The van der Waals surface area contributed by atoms with Crippen molar-refractivity contribution in [2.75, 3.05) is 0 Å². The lowest BCUT2D eigenvalue weighted by molar-refractivity contribution is 0.568. The van der Waals surface area contributed by atoms with Gasteiger partial charge in [0.05, 0.1) is 18.0 Å². The number of hydrogen-bond donors (Lipinski definition) is 1. The van der Waals surface area contributed by atoms with E-state index >= 15 is 0 Å². The Kier molecular flexibility index (Phi) is 1.76. The minimum Gasteiger partial charge on any atom is -0.472 e. The van der Waals surface area contributed by atoms with E-state index in [0.717, 1.165) is 22.3 Å². The third-order valence-corrected chi connectivity index (χ3v) is 2.38. The first kappa shape index (κ1) is 8.49. The lowest BCUT2D eigenvalue weighted by atomic mass is 10.2. The van der Waals surface area contributed by atoms with Crippen molar-refractivity contribution in [2.45, 2.75) is 0 Å². The van der Waals surface area contributed by atoms with Gasteiger partial charge in [-0.05, 0) is 18.2 Å². The highest BCUT2D eigenvalue weighted by molar-refractivity contribution is 6.29. The van der Waals surface area contributed by atoms with E-state index in [4.69, 9.17) is 16.0 Å². The smallest absolute Gasteiger partial charge is 0.130 e. The van der Waals surface area contributed by atoms with E-state index in [1.54, 1.807) is 18.6 Å². The first-order valence-electron chi connectivity index (χ1n) is 4.38. The topological polar surface area (TPSA) is 54.7 Å². The third-order valence-electron chi connectivity index (χ3n) is 2.17. The second kappa shape index (κ2) is 3.10. The van der Waals surface area contributed by atoms with Crippen LogP contribution in [0.2, 0.25) is 5.15 Å². The Labute approximate surface area is 89.9 Å². The first-order chi connectivity index (χ1) is 7.34. The van der Waals surface area contributed by atoms with Gasteiger partial charge in [-0.2, -0.15) is 5.10 Å². The maximum Gasteiger partial charge on any atom is 0.130 e. The fraction of sp³-hybridized carbons (Fsp3) is 0. The average Bonchev–Trinajstić information content (AvgIpc) is 2.83. The summed E-state index contributed by atoms with van der Waals surface area (Å²) in [6, 6.07) is 5.40. The zero-order valence-corrected chi connectivity index (χ0v) is 8.32. The van der Waals surface area contributed by atoms with Crippen LogP contribution in [0.5, 0.6) is 0 Å². The molecule has 3 heterocycles. The van der Waals surface area contributed by atoms with E-state index in [1.165, 1.54) is 0 Å². The van der Waals surface area contributed by atoms with E-state index < -0.39 is 0 Å². The Morgan fingerprint density at radius 3 is 3.00 bits per heavy atom. The van der Waals surface area contributed by atoms with Gasteiger partial charge in [-0.15, -0.1) is 0 Å². The molecule has 3 aromatic rings. The number of nitrogens with zero attached hydrogens (tertiary/aromatic N) is 2. The maximum atomic E-state index is 5.83. The van der Waals surface area contributed by atoms with E-state index in [0.29, 0.717) is 5.15 Å². The van der Waals surface area contributed by atoms with Gasteiger partial charge in [-0.25, -0.2) is 4.98 Å². The summed E-state index contributed by atoms with van der Waals surface area (Å²) in [5.74, 6) is 0. The van der Waals surface area contributed by atoms with Crippen molar-refractivity contribution in [1.29, 1.82) is 0 Å². The molecule has 15 heavy (non-hydrogen) atoms. The molecule has 0 aliphatic rings. The van der Waals surface area contributed by atoms with Gasteiger partial charge in [-0.1, -0.05) is 11.6 Å². The monoisotopic (exact) mass is 219 g/mol. The van der Waals surface area contributed by atoms with Crippen LogP contribution >= 0.6 is 11.6 Å². The molecule has 0 radical (unpaired) electrons. The van der Waals surface area contributed by atoms with Crippen LogP contribution in [0.1, 0.15) is 0 Å². The molecule has 0 aliphatic heterocycles. The number of rotatable bonds is 1. The number of nitrogens with one attached hydrogen (secondary N) is 1. The van der Waals surface area contributed by atoms with Gasteiger partial charge in [0.15, 0.2) is 0 Å². The van der Waals surface area contributed by atoms with Crippen LogP contribution in [0.3, 0.4) is 0 Å².